The summed E-state index contributed by atoms with van der Waals surface area (Å²) in [5, 5.41) is 8.29. The summed E-state index contributed by atoms with van der Waals surface area (Å²) in [4.78, 5) is 2.50. The summed E-state index contributed by atoms with van der Waals surface area (Å²) in [6.45, 7) is 3.07. The first kappa shape index (κ1) is 19.2. The van der Waals surface area contributed by atoms with Gasteiger partial charge in [-0.2, -0.15) is 5.10 Å². The van der Waals surface area contributed by atoms with Crippen LogP contribution in [-0.2, 0) is 28.6 Å². The maximum atomic E-state index is 11.6. The van der Waals surface area contributed by atoms with E-state index in [2.05, 4.69) is 39.4 Å². The SMILES string of the molecule is CS(=O)(=O)Cc1cccc(CN2CCC[C@@H](Cc3ccc4[nH]ncc4c3)C2)c1. The molecule has 0 saturated carbocycles. The molecular formula is C22H27N3O2S. The second kappa shape index (κ2) is 8.05. The maximum Gasteiger partial charge on any atom is 0.151 e. The molecule has 1 saturated heterocycles. The van der Waals surface area contributed by atoms with Gasteiger partial charge in [-0.3, -0.25) is 10.00 Å². The number of rotatable bonds is 6. The van der Waals surface area contributed by atoms with E-state index >= 15 is 0 Å². The van der Waals surface area contributed by atoms with Crippen LogP contribution < -0.4 is 0 Å². The summed E-state index contributed by atoms with van der Waals surface area (Å²) in [5.74, 6) is 0.761. The third kappa shape index (κ3) is 5.00. The number of piperidine rings is 1. The van der Waals surface area contributed by atoms with E-state index in [9.17, 15) is 8.42 Å². The number of aromatic amines is 1. The first-order valence-electron chi connectivity index (χ1n) is 9.84. The average Bonchev–Trinajstić information content (AvgIpc) is 3.09. The Bertz CT molecular complexity index is 1060. The van der Waals surface area contributed by atoms with Crippen molar-refractivity contribution in [2.75, 3.05) is 19.3 Å². The van der Waals surface area contributed by atoms with Gasteiger partial charge in [-0.1, -0.05) is 30.3 Å². The normalized spacial score (nSPS) is 18.5. The first-order valence-corrected chi connectivity index (χ1v) is 11.9. The highest BCUT2D eigenvalue weighted by Gasteiger charge is 2.20. The van der Waals surface area contributed by atoms with E-state index in [0.717, 1.165) is 37.1 Å². The molecule has 1 atom stereocenters. The molecule has 0 spiro atoms. The van der Waals surface area contributed by atoms with Gasteiger partial charge >= 0.3 is 0 Å². The molecule has 0 bridgehead atoms. The summed E-state index contributed by atoms with van der Waals surface area (Å²) in [7, 11) is -3.00. The first-order chi connectivity index (χ1) is 13.4. The number of H-pyrrole nitrogens is 1. The molecule has 0 unspecified atom stereocenters. The number of fused-ring (bicyclic) bond motifs is 1. The van der Waals surface area contributed by atoms with E-state index in [0.29, 0.717) is 5.92 Å². The van der Waals surface area contributed by atoms with Gasteiger partial charge < -0.3 is 0 Å². The average molecular weight is 398 g/mol. The minimum Gasteiger partial charge on any atom is -0.299 e. The Morgan fingerprint density at radius 2 is 2.00 bits per heavy atom. The van der Waals surface area contributed by atoms with Gasteiger partial charge in [-0.25, -0.2) is 8.42 Å². The van der Waals surface area contributed by atoms with Crippen LogP contribution in [0.4, 0.5) is 0 Å². The highest BCUT2D eigenvalue weighted by molar-refractivity contribution is 7.89. The third-order valence-corrected chi connectivity index (χ3v) is 6.32. The standard InChI is InChI=1S/C22H27N3O2S/c1-28(26,27)16-20-5-2-4-18(11-20)14-25-9-3-6-19(15-25)10-17-7-8-22-21(12-17)13-23-24-22/h2,4-5,7-8,11-13,19H,3,6,9-10,14-16H2,1H3,(H,23,24)/t19-/m0/s1. The molecule has 0 aliphatic carbocycles. The molecule has 5 nitrogen and oxygen atoms in total. The van der Waals surface area contributed by atoms with Crippen LogP contribution in [-0.4, -0.2) is 42.9 Å². The number of nitrogens with one attached hydrogen (secondary N) is 1. The topological polar surface area (TPSA) is 66.1 Å². The van der Waals surface area contributed by atoms with Crippen LogP contribution in [0.25, 0.3) is 10.9 Å². The predicted molar refractivity (Wildman–Crippen MR) is 113 cm³/mol. The molecule has 0 amide bonds. The minimum absolute atomic E-state index is 0.111. The Morgan fingerprint density at radius 3 is 2.86 bits per heavy atom. The van der Waals surface area contributed by atoms with Gasteiger partial charge in [0, 0.05) is 24.7 Å². The fourth-order valence-corrected chi connectivity index (χ4v) is 5.08. The van der Waals surface area contributed by atoms with Crippen molar-refractivity contribution in [2.24, 2.45) is 5.92 Å². The smallest absolute Gasteiger partial charge is 0.151 e. The molecule has 1 N–H and O–H groups in total. The van der Waals surface area contributed by atoms with Gasteiger partial charge in [0.2, 0.25) is 0 Å². The molecular weight excluding hydrogens is 370 g/mol. The zero-order valence-electron chi connectivity index (χ0n) is 16.3. The Hall–Kier alpha value is -2.18. The lowest BCUT2D eigenvalue weighted by molar-refractivity contribution is 0.167. The number of hydrogen-bond acceptors (Lipinski definition) is 4. The van der Waals surface area contributed by atoms with Crippen LogP contribution in [0.5, 0.6) is 0 Å². The van der Waals surface area contributed by atoms with E-state index in [4.69, 9.17) is 0 Å². The molecule has 28 heavy (non-hydrogen) atoms. The summed E-state index contributed by atoms with van der Waals surface area (Å²) < 4.78 is 23.1. The summed E-state index contributed by atoms with van der Waals surface area (Å²) in [6, 6.07) is 14.6. The molecule has 2 aromatic carbocycles. The van der Waals surface area contributed by atoms with E-state index in [1.807, 2.05) is 24.4 Å². The van der Waals surface area contributed by atoms with Crippen molar-refractivity contribution in [1.82, 2.24) is 15.1 Å². The monoisotopic (exact) mass is 397 g/mol. The van der Waals surface area contributed by atoms with Crippen LogP contribution in [0.15, 0.2) is 48.7 Å². The Labute approximate surface area is 166 Å². The van der Waals surface area contributed by atoms with E-state index in [1.54, 1.807) is 0 Å². The fourth-order valence-electron chi connectivity index (χ4n) is 4.29. The number of benzene rings is 2. The van der Waals surface area contributed by atoms with Crippen LogP contribution in [0.2, 0.25) is 0 Å². The van der Waals surface area contributed by atoms with E-state index in [-0.39, 0.29) is 5.75 Å². The summed E-state index contributed by atoms with van der Waals surface area (Å²) in [5.41, 5.74) is 4.53. The number of aromatic nitrogens is 2. The van der Waals surface area contributed by atoms with Crippen molar-refractivity contribution in [2.45, 2.75) is 31.6 Å². The van der Waals surface area contributed by atoms with Crippen LogP contribution in [0.3, 0.4) is 0 Å². The van der Waals surface area contributed by atoms with Gasteiger partial charge in [0.15, 0.2) is 9.84 Å². The van der Waals surface area contributed by atoms with Gasteiger partial charge in [-0.15, -0.1) is 0 Å². The zero-order valence-corrected chi connectivity index (χ0v) is 17.1. The van der Waals surface area contributed by atoms with Crippen molar-refractivity contribution in [3.05, 3.63) is 65.4 Å². The lowest BCUT2D eigenvalue weighted by Crippen LogP contribution is -2.35. The second-order valence-electron chi connectivity index (χ2n) is 8.13. The molecule has 6 heteroatoms. The Balaban J connectivity index is 1.39. The molecule has 1 aliphatic heterocycles. The molecule has 4 rings (SSSR count). The quantitative estimate of drug-likeness (QED) is 0.691. The molecule has 3 aromatic rings. The van der Waals surface area contributed by atoms with Gasteiger partial charge in [-0.05, 0) is 60.5 Å². The van der Waals surface area contributed by atoms with E-state index < -0.39 is 9.84 Å². The number of likely N-dealkylation sites (tertiary alicyclic amines) is 1. The lowest BCUT2D eigenvalue weighted by atomic mass is 9.90. The lowest BCUT2D eigenvalue weighted by Gasteiger charge is -2.33. The third-order valence-electron chi connectivity index (χ3n) is 5.46. The second-order valence-corrected chi connectivity index (χ2v) is 10.3. The molecule has 0 radical (unpaired) electrons. The maximum absolute atomic E-state index is 11.6. The van der Waals surface area contributed by atoms with Crippen LogP contribution in [0, 0.1) is 5.92 Å². The predicted octanol–water partition coefficient (Wildman–Crippen LogP) is 3.56. The number of hydrogen-bond donors (Lipinski definition) is 1. The molecule has 1 aromatic heterocycles. The Kier molecular flexibility index (Phi) is 5.51. The largest absolute Gasteiger partial charge is 0.299 e. The van der Waals surface area contributed by atoms with Crippen molar-refractivity contribution >= 4 is 20.7 Å². The van der Waals surface area contributed by atoms with Crippen molar-refractivity contribution in [3.8, 4) is 0 Å². The van der Waals surface area contributed by atoms with Crippen molar-refractivity contribution in [1.29, 1.82) is 0 Å². The highest BCUT2D eigenvalue weighted by Crippen LogP contribution is 2.24. The van der Waals surface area contributed by atoms with Crippen molar-refractivity contribution in [3.63, 3.8) is 0 Å². The fraction of sp³-hybridized carbons (Fsp3) is 0.409. The van der Waals surface area contributed by atoms with E-state index in [1.165, 1.54) is 35.6 Å². The summed E-state index contributed by atoms with van der Waals surface area (Å²) in [6.07, 6.45) is 6.73. The molecule has 2 heterocycles. The molecule has 148 valence electrons. The number of nitrogens with zero attached hydrogens (tertiary/aromatic N) is 2. The zero-order chi connectivity index (χ0) is 19.6. The van der Waals surface area contributed by atoms with Crippen molar-refractivity contribution < 1.29 is 8.42 Å². The Morgan fingerprint density at radius 1 is 1.14 bits per heavy atom. The van der Waals surface area contributed by atoms with Gasteiger partial charge in [0.1, 0.15) is 0 Å². The molecule has 1 fully saturated rings. The van der Waals surface area contributed by atoms with Crippen LogP contribution in [0.1, 0.15) is 29.5 Å². The van der Waals surface area contributed by atoms with Gasteiger partial charge in [0.05, 0.1) is 17.5 Å². The highest BCUT2D eigenvalue weighted by atomic mass is 32.2. The molecule has 1 aliphatic rings. The minimum atomic E-state index is -3.00. The summed E-state index contributed by atoms with van der Waals surface area (Å²) >= 11 is 0. The number of sulfone groups is 1. The van der Waals surface area contributed by atoms with Gasteiger partial charge in [0.25, 0.3) is 0 Å². The van der Waals surface area contributed by atoms with Crippen LogP contribution >= 0.6 is 0 Å².